The number of rotatable bonds is 4. The molecule has 2 fully saturated rings. The fourth-order valence-electron chi connectivity index (χ4n) is 3.35. The molecule has 2 aliphatic heterocycles. The molecule has 0 aliphatic carbocycles. The number of nitrogens with two attached hydrogens (primary N) is 1. The maximum atomic E-state index is 12.4. The summed E-state index contributed by atoms with van der Waals surface area (Å²) in [6, 6.07) is 4.71. The third kappa shape index (κ3) is 2.85. The molecular formula is C16H21N3O4S. The first-order chi connectivity index (χ1) is 11.2. The zero-order valence-corrected chi connectivity index (χ0v) is 14.3. The molecule has 2 saturated heterocycles. The minimum absolute atomic E-state index is 0.0444. The van der Waals surface area contributed by atoms with Gasteiger partial charge in [-0.1, -0.05) is 12.1 Å². The number of aromatic hydroxyl groups is 1. The van der Waals surface area contributed by atoms with Crippen LogP contribution in [0.4, 0.5) is 0 Å². The smallest absolute Gasteiger partial charge is 0.322 e. The largest absolute Gasteiger partial charge is 0.508 e. The summed E-state index contributed by atoms with van der Waals surface area (Å²) >= 11 is 1.57. The summed E-state index contributed by atoms with van der Waals surface area (Å²) < 4.78 is -0.408. The number of thioether (sulfide) groups is 1. The minimum Gasteiger partial charge on any atom is -0.508 e. The van der Waals surface area contributed by atoms with Gasteiger partial charge in [0.15, 0.2) is 0 Å². The number of benzene rings is 1. The lowest BCUT2D eigenvalue weighted by Crippen LogP contribution is -2.67. The van der Waals surface area contributed by atoms with E-state index >= 15 is 0 Å². The van der Waals surface area contributed by atoms with Gasteiger partial charge in [-0.3, -0.25) is 14.5 Å². The van der Waals surface area contributed by atoms with Gasteiger partial charge in [-0.25, -0.2) is 0 Å². The molecule has 0 spiro atoms. The van der Waals surface area contributed by atoms with Crippen molar-refractivity contribution in [1.29, 1.82) is 0 Å². The molecule has 0 saturated carbocycles. The molecule has 3 rings (SSSR count). The predicted octanol–water partition coefficient (Wildman–Crippen LogP) is 0.497. The SMILES string of the molecule is CC1(C)SC2C(NC(=O)C(N)c3ccc(O)cc3)CN2C1C(=O)O. The number of carbonyl (C=O) groups is 2. The van der Waals surface area contributed by atoms with E-state index in [0.717, 1.165) is 0 Å². The number of amides is 1. The molecule has 4 atom stereocenters. The van der Waals surface area contributed by atoms with E-state index < -0.39 is 22.8 Å². The third-order valence-electron chi connectivity index (χ3n) is 4.59. The fourth-order valence-corrected chi connectivity index (χ4v) is 5.00. The number of carboxylic acids is 1. The van der Waals surface area contributed by atoms with Crippen LogP contribution in [0.25, 0.3) is 0 Å². The number of phenols is 1. The second kappa shape index (κ2) is 5.94. The molecule has 1 aromatic rings. The molecule has 7 nitrogen and oxygen atoms in total. The number of aliphatic carboxylic acids is 1. The van der Waals surface area contributed by atoms with E-state index in [1.165, 1.54) is 12.1 Å². The van der Waals surface area contributed by atoms with E-state index in [0.29, 0.717) is 12.1 Å². The van der Waals surface area contributed by atoms with Crippen molar-refractivity contribution in [3.63, 3.8) is 0 Å². The fraction of sp³-hybridized carbons (Fsp3) is 0.500. The van der Waals surface area contributed by atoms with Crippen molar-refractivity contribution in [2.24, 2.45) is 5.73 Å². The molecule has 0 radical (unpaired) electrons. The van der Waals surface area contributed by atoms with Crippen LogP contribution in [0, 0.1) is 0 Å². The summed E-state index contributed by atoms with van der Waals surface area (Å²) in [5.74, 6) is -1.02. The van der Waals surface area contributed by atoms with Crippen LogP contribution in [-0.4, -0.2) is 55.7 Å². The molecule has 1 aromatic carbocycles. The highest BCUT2D eigenvalue weighted by Gasteiger charge is 2.59. The predicted molar refractivity (Wildman–Crippen MR) is 90.6 cm³/mol. The Labute approximate surface area is 144 Å². The van der Waals surface area contributed by atoms with Crippen LogP contribution in [-0.2, 0) is 9.59 Å². The average molecular weight is 351 g/mol. The summed E-state index contributed by atoms with van der Waals surface area (Å²) in [5, 5.41) is 21.6. The Bertz CT molecular complexity index is 664. The molecule has 0 aromatic heterocycles. The number of hydrogen-bond acceptors (Lipinski definition) is 6. The lowest BCUT2D eigenvalue weighted by Gasteiger charge is -2.44. The van der Waals surface area contributed by atoms with Gasteiger partial charge in [0.1, 0.15) is 17.8 Å². The van der Waals surface area contributed by atoms with Crippen LogP contribution in [0.3, 0.4) is 0 Å². The van der Waals surface area contributed by atoms with Crippen molar-refractivity contribution < 1.29 is 19.8 Å². The number of carboxylic acid groups (broad SMARTS) is 1. The molecule has 5 N–H and O–H groups in total. The van der Waals surface area contributed by atoms with Crippen molar-refractivity contribution in [3.05, 3.63) is 29.8 Å². The first kappa shape index (κ1) is 17.1. The van der Waals surface area contributed by atoms with E-state index in [9.17, 15) is 19.8 Å². The molecule has 130 valence electrons. The zero-order valence-electron chi connectivity index (χ0n) is 13.5. The van der Waals surface area contributed by atoms with Crippen molar-refractivity contribution in [3.8, 4) is 5.75 Å². The van der Waals surface area contributed by atoms with Gasteiger partial charge >= 0.3 is 5.97 Å². The van der Waals surface area contributed by atoms with Crippen LogP contribution >= 0.6 is 11.8 Å². The topological polar surface area (TPSA) is 116 Å². The highest BCUT2D eigenvalue weighted by molar-refractivity contribution is 8.01. The van der Waals surface area contributed by atoms with Gasteiger partial charge in [0.05, 0.1) is 11.4 Å². The lowest BCUT2D eigenvalue weighted by atomic mass is 9.96. The Morgan fingerprint density at radius 1 is 1.38 bits per heavy atom. The van der Waals surface area contributed by atoms with Gasteiger partial charge in [0.2, 0.25) is 5.91 Å². The zero-order chi connectivity index (χ0) is 17.6. The lowest BCUT2D eigenvalue weighted by molar-refractivity contribution is -0.146. The van der Waals surface area contributed by atoms with Crippen LogP contribution < -0.4 is 11.1 Å². The number of fused-ring (bicyclic) bond motifs is 1. The standard InChI is InChI=1S/C16H21N3O4S/c1-16(2)12(15(22)23)19-7-10(14(19)24-16)18-13(21)11(17)8-3-5-9(20)6-4-8/h3-6,10-12,14,20H,7,17H2,1-2H3,(H,18,21)(H,22,23). The molecule has 0 bridgehead atoms. The average Bonchev–Trinajstić information content (AvgIpc) is 2.72. The second-order valence-electron chi connectivity index (χ2n) is 6.73. The molecule has 2 heterocycles. The van der Waals surface area contributed by atoms with Crippen LogP contribution in [0.2, 0.25) is 0 Å². The van der Waals surface area contributed by atoms with Crippen LogP contribution in [0.1, 0.15) is 25.5 Å². The molecule has 2 aliphatic rings. The van der Waals surface area contributed by atoms with Crippen LogP contribution in [0.5, 0.6) is 5.75 Å². The van der Waals surface area contributed by atoms with E-state index in [1.54, 1.807) is 23.9 Å². The monoisotopic (exact) mass is 351 g/mol. The molecule has 4 unspecified atom stereocenters. The number of hydrogen-bond donors (Lipinski definition) is 4. The van der Waals surface area contributed by atoms with Gasteiger partial charge < -0.3 is 21.3 Å². The quantitative estimate of drug-likeness (QED) is 0.624. The molecular weight excluding hydrogens is 330 g/mol. The van der Waals surface area contributed by atoms with E-state index in [-0.39, 0.29) is 23.1 Å². The van der Waals surface area contributed by atoms with Crippen molar-refractivity contribution in [1.82, 2.24) is 10.2 Å². The third-order valence-corrected chi connectivity index (χ3v) is 6.26. The summed E-state index contributed by atoms with van der Waals surface area (Å²) in [7, 11) is 0. The van der Waals surface area contributed by atoms with Gasteiger partial charge in [-0.15, -0.1) is 11.8 Å². The first-order valence-corrected chi connectivity index (χ1v) is 8.60. The first-order valence-electron chi connectivity index (χ1n) is 7.72. The van der Waals surface area contributed by atoms with Crippen molar-refractivity contribution in [2.75, 3.05) is 6.54 Å². The number of nitrogens with one attached hydrogen (secondary N) is 1. The minimum atomic E-state index is -0.833. The highest BCUT2D eigenvalue weighted by atomic mass is 32.2. The Kier molecular flexibility index (Phi) is 4.23. The Balaban J connectivity index is 1.63. The number of nitrogens with zero attached hydrogens (tertiary/aromatic N) is 1. The van der Waals surface area contributed by atoms with Gasteiger partial charge in [0.25, 0.3) is 0 Å². The van der Waals surface area contributed by atoms with Gasteiger partial charge in [0, 0.05) is 11.3 Å². The van der Waals surface area contributed by atoms with Gasteiger partial charge in [-0.05, 0) is 31.5 Å². The van der Waals surface area contributed by atoms with Crippen molar-refractivity contribution >= 4 is 23.6 Å². The number of phenolic OH excluding ortho intramolecular Hbond substituents is 1. The normalized spacial score (nSPS) is 29.4. The van der Waals surface area contributed by atoms with Crippen LogP contribution in [0.15, 0.2) is 24.3 Å². The Morgan fingerprint density at radius 2 is 2.00 bits per heavy atom. The Morgan fingerprint density at radius 3 is 2.58 bits per heavy atom. The number of carbonyl (C=O) groups excluding carboxylic acids is 1. The van der Waals surface area contributed by atoms with E-state index in [1.807, 2.05) is 18.7 Å². The summed E-state index contributed by atoms with van der Waals surface area (Å²) in [4.78, 5) is 25.7. The maximum Gasteiger partial charge on any atom is 0.322 e. The van der Waals surface area contributed by atoms with Crippen molar-refractivity contribution in [2.45, 2.75) is 42.1 Å². The van der Waals surface area contributed by atoms with E-state index in [4.69, 9.17) is 5.73 Å². The molecule has 8 heteroatoms. The second-order valence-corrected chi connectivity index (χ2v) is 8.50. The maximum absolute atomic E-state index is 12.4. The summed E-state index contributed by atoms with van der Waals surface area (Å²) in [6.45, 7) is 4.33. The van der Waals surface area contributed by atoms with Gasteiger partial charge in [-0.2, -0.15) is 0 Å². The summed E-state index contributed by atoms with van der Waals surface area (Å²) in [6.07, 6.45) is 0. The molecule has 24 heavy (non-hydrogen) atoms. The summed E-state index contributed by atoms with van der Waals surface area (Å²) in [5.41, 5.74) is 6.59. The Hall–Kier alpha value is -1.77. The highest BCUT2D eigenvalue weighted by Crippen LogP contribution is 2.50. The molecule has 1 amide bonds. The van der Waals surface area contributed by atoms with E-state index in [2.05, 4.69) is 5.32 Å².